The van der Waals surface area contributed by atoms with Gasteiger partial charge in [0.25, 0.3) is 0 Å². The second kappa shape index (κ2) is 14.2. The molecule has 2 heteroatoms. The zero-order chi connectivity index (χ0) is 39.3. The fourth-order valence-electron chi connectivity index (χ4n) is 9.21. The molecule has 2 nitrogen and oxygen atoms in total. The summed E-state index contributed by atoms with van der Waals surface area (Å²) in [6.07, 6.45) is 0. The van der Waals surface area contributed by atoms with E-state index in [2.05, 4.69) is 217 Å². The number of fused-ring (bicyclic) bond motifs is 9. The van der Waals surface area contributed by atoms with Crippen LogP contribution in [-0.2, 0) is 0 Å². The van der Waals surface area contributed by atoms with E-state index in [0.29, 0.717) is 5.56 Å². The lowest BCUT2D eigenvalue weighted by atomic mass is 9.81. The van der Waals surface area contributed by atoms with Gasteiger partial charge in [-0.1, -0.05) is 170 Å². The third kappa shape index (κ3) is 5.72. The number of benzene rings is 11. The summed E-state index contributed by atoms with van der Waals surface area (Å²) >= 11 is 0. The van der Waals surface area contributed by atoms with E-state index in [0.717, 1.165) is 22.4 Å². The van der Waals surface area contributed by atoms with Crippen LogP contribution in [0.3, 0.4) is 0 Å². The monoisotopic (exact) mass is 748 g/mol. The molecule has 0 heterocycles. The van der Waals surface area contributed by atoms with Crippen molar-refractivity contribution >= 4 is 70.9 Å². The average Bonchev–Trinajstić information content (AvgIpc) is 3.32. The lowest BCUT2D eigenvalue weighted by molar-refractivity contribution is 1.30. The van der Waals surface area contributed by atoms with Crippen molar-refractivity contribution in [3.8, 4) is 39.4 Å². The van der Waals surface area contributed by atoms with E-state index in [4.69, 9.17) is 0 Å². The van der Waals surface area contributed by atoms with E-state index >= 15 is 0 Å². The summed E-state index contributed by atoms with van der Waals surface area (Å²) in [4.78, 5) is 2.36. The largest absolute Gasteiger partial charge is 0.310 e. The van der Waals surface area contributed by atoms with E-state index < -0.39 is 0 Å². The van der Waals surface area contributed by atoms with Gasteiger partial charge in [-0.15, -0.1) is 0 Å². The Balaban J connectivity index is 1.29. The van der Waals surface area contributed by atoms with Crippen LogP contribution in [0.2, 0.25) is 0 Å². The minimum atomic E-state index is 0.630. The number of hydrogen-bond acceptors (Lipinski definition) is 2. The molecule has 0 spiro atoms. The summed E-state index contributed by atoms with van der Waals surface area (Å²) in [6.45, 7) is 0. The van der Waals surface area contributed by atoms with Crippen LogP contribution in [0, 0.1) is 11.3 Å². The van der Waals surface area contributed by atoms with Crippen molar-refractivity contribution in [3.05, 3.63) is 224 Å². The SMILES string of the molecule is N#Cc1ccc(N(c2ccc3c(c2)c2ccccc2c2c(-c4ccccc4)cc(-c4ccccc4)c(-c4ccccc4)c32)c2cc3ccccc3c3ccccc23)cc1. The maximum Gasteiger partial charge on any atom is 0.0991 e. The molecular formula is C57H36N2. The average molecular weight is 749 g/mol. The normalized spacial score (nSPS) is 11.4. The van der Waals surface area contributed by atoms with Gasteiger partial charge in [0.15, 0.2) is 0 Å². The van der Waals surface area contributed by atoms with Crippen LogP contribution >= 0.6 is 0 Å². The Bertz CT molecular complexity index is 3420. The van der Waals surface area contributed by atoms with Crippen LogP contribution in [0.15, 0.2) is 218 Å². The third-order valence-corrected chi connectivity index (χ3v) is 11.8. The van der Waals surface area contributed by atoms with Gasteiger partial charge >= 0.3 is 0 Å². The summed E-state index contributed by atoms with van der Waals surface area (Å²) in [5.41, 5.74) is 10.9. The fourth-order valence-corrected chi connectivity index (χ4v) is 9.21. The minimum Gasteiger partial charge on any atom is -0.310 e. The first kappa shape index (κ1) is 34.3. The number of hydrogen-bond donors (Lipinski definition) is 0. The molecule has 0 saturated carbocycles. The Labute approximate surface area is 343 Å². The molecule has 0 radical (unpaired) electrons. The standard InChI is InChI=1S/C57H36N2/c58-37-38-28-30-43(31-29-38)59(54-34-42-22-10-11-23-45(42)46-24-12-14-26-48(46)54)44-32-33-50-53(35-44)47-25-13-15-27-49(47)56-52(40-18-6-2-7-19-40)36-51(39-16-4-1-5-17-39)55(57(50)56)41-20-8-3-9-21-41/h1-36H. The maximum absolute atomic E-state index is 9.79. The molecule has 0 saturated heterocycles. The highest BCUT2D eigenvalue weighted by Crippen LogP contribution is 2.50. The summed E-state index contributed by atoms with van der Waals surface area (Å²) in [7, 11) is 0. The van der Waals surface area contributed by atoms with Crippen molar-refractivity contribution in [1.82, 2.24) is 0 Å². The quantitative estimate of drug-likeness (QED) is 0.158. The second-order valence-corrected chi connectivity index (χ2v) is 15.1. The van der Waals surface area contributed by atoms with Crippen molar-refractivity contribution in [2.75, 3.05) is 4.90 Å². The summed E-state index contributed by atoms with van der Waals surface area (Å²) in [6, 6.07) is 80.8. The molecule has 11 aromatic rings. The number of rotatable bonds is 6. The lowest BCUT2D eigenvalue weighted by Gasteiger charge is -2.28. The van der Waals surface area contributed by atoms with Gasteiger partial charge in [-0.2, -0.15) is 5.26 Å². The van der Waals surface area contributed by atoms with Gasteiger partial charge in [0, 0.05) is 16.8 Å². The van der Waals surface area contributed by atoms with Crippen LogP contribution in [0.25, 0.3) is 87.2 Å². The van der Waals surface area contributed by atoms with Gasteiger partial charge in [-0.3, -0.25) is 0 Å². The van der Waals surface area contributed by atoms with Gasteiger partial charge in [-0.05, 0) is 130 Å². The first-order chi connectivity index (χ1) is 29.2. The highest BCUT2D eigenvalue weighted by atomic mass is 15.1. The highest BCUT2D eigenvalue weighted by Gasteiger charge is 2.23. The van der Waals surface area contributed by atoms with Crippen molar-refractivity contribution in [3.63, 3.8) is 0 Å². The molecule has 0 fully saturated rings. The van der Waals surface area contributed by atoms with Crippen molar-refractivity contribution in [1.29, 1.82) is 5.26 Å². The third-order valence-electron chi connectivity index (χ3n) is 11.8. The Hall–Kier alpha value is -7.99. The topological polar surface area (TPSA) is 27.0 Å². The Kier molecular flexibility index (Phi) is 8.24. The van der Waals surface area contributed by atoms with Gasteiger partial charge < -0.3 is 4.90 Å². The summed E-state index contributed by atoms with van der Waals surface area (Å²) in [5.74, 6) is 0. The van der Waals surface area contributed by atoms with Gasteiger partial charge in [0.2, 0.25) is 0 Å². The van der Waals surface area contributed by atoms with Crippen LogP contribution < -0.4 is 4.90 Å². The maximum atomic E-state index is 9.79. The molecule has 11 rings (SSSR count). The summed E-state index contributed by atoms with van der Waals surface area (Å²) < 4.78 is 0. The molecule has 0 N–H and O–H groups in total. The Morgan fingerprint density at radius 3 is 1.51 bits per heavy atom. The fraction of sp³-hybridized carbons (Fsp3) is 0. The molecule has 0 amide bonds. The van der Waals surface area contributed by atoms with Crippen molar-refractivity contribution in [2.45, 2.75) is 0 Å². The van der Waals surface area contributed by atoms with Crippen LogP contribution in [0.4, 0.5) is 17.1 Å². The van der Waals surface area contributed by atoms with E-state index in [1.807, 2.05) is 12.1 Å². The van der Waals surface area contributed by atoms with Gasteiger partial charge in [-0.25, -0.2) is 0 Å². The summed E-state index contributed by atoms with van der Waals surface area (Å²) in [5, 5.41) is 21.8. The predicted molar refractivity (Wildman–Crippen MR) is 250 cm³/mol. The molecule has 59 heavy (non-hydrogen) atoms. The van der Waals surface area contributed by atoms with Crippen molar-refractivity contribution < 1.29 is 0 Å². The molecule has 0 aliphatic carbocycles. The highest BCUT2D eigenvalue weighted by molar-refractivity contribution is 6.33. The van der Waals surface area contributed by atoms with Crippen molar-refractivity contribution in [2.24, 2.45) is 0 Å². The number of anilines is 3. The molecule has 0 aromatic heterocycles. The predicted octanol–water partition coefficient (Wildman–Crippen LogP) is 15.8. The van der Waals surface area contributed by atoms with E-state index in [1.165, 1.54) is 81.9 Å². The smallest absolute Gasteiger partial charge is 0.0991 e. The Morgan fingerprint density at radius 2 is 0.847 bits per heavy atom. The number of nitriles is 1. The molecule has 0 aliphatic heterocycles. The zero-order valence-corrected chi connectivity index (χ0v) is 32.2. The van der Waals surface area contributed by atoms with Crippen LogP contribution in [-0.4, -0.2) is 0 Å². The van der Waals surface area contributed by atoms with Gasteiger partial charge in [0.1, 0.15) is 0 Å². The zero-order valence-electron chi connectivity index (χ0n) is 32.2. The molecular weight excluding hydrogens is 713 g/mol. The van der Waals surface area contributed by atoms with Gasteiger partial charge in [0.05, 0.1) is 17.3 Å². The van der Waals surface area contributed by atoms with Crippen LogP contribution in [0.1, 0.15) is 5.56 Å². The number of nitrogens with zero attached hydrogens (tertiary/aromatic N) is 2. The molecule has 0 atom stereocenters. The molecule has 274 valence electrons. The first-order valence-corrected chi connectivity index (χ1v) is 20.1. The van der Waals surface area contributed by atoms with E-state index in [1.54, 1.807) is 0 Å². The van der Waals surface area contributed by atoms with Crippen LogP contribution in [0.5, 0.6) is 0 Å². The van der Waals surface area contributed by atoms with E-state index in [-0.39, 0.29) is 0 Å². The minimum absolute atomic E-state index is 0.630. The molecule has 0 aliphatic rings. The van der Waals surface area contributed by atoms with E-state index in [9.17, 15) is 5.26 Å². The molecule has 0 bridgehead atoms. The second-order valence-electron chi connectivity index (χ2n) is 15.1. The Morgan fingerprint density at radius 1 is 0.339 bits per heavy atom. The molecule has 11 aromatic carbocycles. The molecule has 0 unspecified atom stereocenters. The lowest BCUT2D eigenvalue weighted by Crippen LogP contribution is -2.11. The first-order valence-electron chi connectivity index (χ1n) is 20.1.